The van der Waals surface area contributed by atoms with Gasteiger partial charge in [0, 0.05) is 26.1 Å². The molecule has 2 unspecified atom stereocenters. The largest absolute Gasteiger partial charge is 0.378 e. The Morgan fingerprint density at radius 1 is 1.54 bits per heavy atom. The van der Waals surface area contributed by atoms with Crippen LogP contribution in [0.2, 0.25) is 0 Å². The first-order valence-corrected chi connectivity index (χ1v) is 4.63. The second-order valence-corrected chi connectivity index (χ2v) is 3.84. The van der Waals surface area contributed by atoms with Crippen LogP contribution in [0.3, 0.4) is 0 Å². The van der Waals surface area contributed by atoms with Crippen LogP contribution >= 0.6 is 0 Å². The minimum atomic E-state index is -0.0345. The van der Waals surface area contributed by atoms with E-state index in [0.29, 0.717) is 13.1 Å². The van der Waals surface area contributed by atoms with Gasteiger partial charge in [-0.25, -0.2) is 0 Å². The Hall–Kier alpha value is -0.610. The molecule has 0 aliphatic carbocycles. The topological polar surface area (TPSA) is 55.6 Å². The second-order valence-electron chi connectivity index (χ2n) is 3.84. The van der Waals surface area contributed by atoms with Crippen molar-refractivity contribution >= 4 is 5.91 Å². The minimum Gasteiger partial charge on any atom is -0.378 e. The first kappa shape index (κ1) is 10.5. The lowest BCUT2D eigenvalue weighted by Gasteiger charge is -2.17. The van der Waals surface area contributed by atoms with E-state index < -0.39 is 0 Å². The smallest absolute Gasteiger partial charge is 0.225 e. The summed E-state index contributed by atoms with van der Waals surface area (Å²) in [5, 5.41) is 0. The zero-order valence-electron chi connectivity index (χ0n) is 8.49. The van der Waals surface area contributed by atoms with Gasteiger partial charge in [-0.15, -0.1) is 0 Å². The molecule has 1 rings (SSSR count). The fraction of sp³-hybridized carbons (Fsp3) is 0.889. The predicted molar refractivity (Wildman–Crippen MR) is 50.2 cm³/mol. The Bertz CT molecular complexity index is 194. The highest BCUT2D eigenvalue weighted by atomic mass is 16.5. The summed E-state index contributed by atoms with van der Waals surface area (Å²) in [5.74, 6) is 0.206. The lowest BCUT2D eigenvalue weighted by Crippen LogP contribution is -2.35. The van der Waals surface area contributed by atoms with Crippen molar-refractivity contribution in [1.82, 2.24) is 4.90 Å². The van der Waals surface area contributed by atoms with E-state index in [4.69, 9.17) is 10.5 Å². The maximum absolute atomic E-state index is 11.6. The summed E-state index contributed by atoms with van der Waals surface area (Å²) in [6.45, 7) is 5.05. The van der Waals surface area contributed by atoms with Gasteiger partial charge in [-0.05, 0) is 0 Å². The molecule has 4 heteroatoms. The van der Waals surface area contributed by atoms with Gasteiger partial charge in [-0.3, -0.25) is 4.79 Å². The molecule has 2 atom stereocenters. The normalized spacial score (nSPS) is 28.5. The number of carbonyl (C=O) groups is 1. The van der Waals surface area contributed by atoms with Crippen LogP contribution in [0, 0.1) is 5.92 Å². The van der Waals surface area contributed by atoms with E-state index in [9.17, 15) is 4.79 Å². The lowest BCUT2D eigenvalue weighted by molar-refractivity contribution is -0.133. The number of hydrogen-bond acceptors (Lipinski definition) is 3. The van der Waals surface area contributed by atoms with Crippen LogP contribution in [0.15, 0.2) is 0 Å². The van der Waals surface area contributed by atoms with Crippen molar-refractivity contribution < 1.29 is 9.53 Å². The van der Waals surface area contributed by atoms with E-state index in [1.165, 1.54) is 0 Å². The van der Waals surface area contributed by atoms with Gasteiger partial charge >= 0.3 is 0 Å². The van der Waals surface area contributed by atoms with Crippen molar-refractivity contribution in [2.24, 2.45) is 11.7 Å². The van der Waals surface area contributed by atoms with E-state index in [0.717, 1.165) is 0 Å². The van der Waals surface area contributed by atoms with Crippen molar-refractivity contribution in [2.75, 3.05) is 20.2 Å². The van der Waals surface area contributed by atoms with Gasteiger partial charge in [0.25, 0.3) is 0 Å². The van der Waals surface area contributed by atoms with E-state index in [2.05, 4.69) is 0 Å². The van der Waals surface area contributed by atoms with Crippen LogP contribution < -0.4 is 5.73 Å². The average molecular weight is 186 g/mol. The molecular formula is C9H18N2O2. The minimum absolute atomic E-state index is 0.00250. The number of carbonyl (C=O) groups excluding carboxylic acids is 1. The van der Waals surface area contributed by atoms with Gasteiger partial charge in [0.2, 0.25) is 5.91 Å². The van der Waals surface area contributed by atoms with Gasteiger partial charge in [-0.2, -0.15) is 0 Å². The molecular weight excluding hydrogens is 168 g/mol. The fourth-order valence-corrected chi connectivity index (χ4v) is 1.59. The molecule has 0 spiro atoms. The molecule has 0 aromatic carbocycles. The summed E-state index contributed by atoms with van der Waals surface area (Å²) in [7, 11) is 1.63. The highest BCUT2D eigenvalue weighted by Gasteiger charge is 2.33. The molecule has 4 nitrogen and oxygen atoms in total. The van der Waals surface area contributed by atoms with Crippen LogP contribution in [0.5, 0.6) is 0 Å². The fourth-order valence-electron chi connectivity index (χ4n) is 1.59. The molecule has 1 aliphatic rings. The van der Waals surface area contributed by atoms with Gasteiger partial charge < -0.3 is 15.4 Å². The first-order chi connectivity index (χ1) is 6.06. The Morgan fingerprint density at radius 2 is 2.15 bits per heavy atom. The summed E-state index contributed by atoms with van der Waals surface area (Å²) in [4.78, 5) is 13.3. The number of rotatable bonds is 2. The molecule has 76 valence electrons. The van der Waals surface area contributed by atoms with Crippen LogP contribution in [0.25, 0.3) is 0 Å². The Labute approximate surface area is 79.0 Å². The van der Waals surface area contributed by atoms with E-state index in [1.807, 2.05) is 13.8 Å². The summed E-state index contributed by atoms with van der Waals surface area (Å²) in [6, 6.07) is -0.0345. The maximum atomic E-state index is 11.6. The van der Waals surface area contributed by atoms with Crippen LogP contribution in [0.4, 0.5) is 0 Å². The van der Waals surface area contributed by atoms with Crippen molar-refractivity contribution in [3.05, 3.63) is 0 Å². The number of ether oxygens (including phenoxy) is 1. The molecule has 1 fully saturated rings. The summed E-state index contributed by atoms with van der Waals surface area (Å²) >= 11 is 0. The highest BCUT2D eigenvalue weighted by Crippen LogP contribution is 2.13. The molecule has 0 saturated carbocycles. The van der Waals surface area contributed by atoms with Crippen molar-refractivity contribution in [3.8, 4) is 0 Å². The summed E-state index contributed by atoms with van der Waals surface area (Å²) in [5.41, 5.74) is 5.80. The molecule has 0 radical (unpaired) electrons. The molecule has 2 N–H and O–H groups in total. The second kappa shape index (κ2) is 4.07. The molecule has 1 amide bonds. The number of hydrogen-bond donors (Lipinski definition) is 1. The number of amides is 1. The van der Waals surface area contributed by atoms with Crippen molar-refractivity contribution in [2.45, 2.75) is 26.0 Å². The number of methoxy groups -OCH3 is 1. The van der Waals surface area contributed by atoms with Crippen molar-refractivity contribution in [3.63, 3.8) is 0 Å². The average Bonchev–Trinajstić information content (AvgIpc) is 2.45. The molecule has 0 bridgehead atoms. The molecule has 13 heavy (non-hydrogen) atoms. The Morgan fingerprint density at radius 3 is 2.54 bits per heavy atom. The SMILES string of the molecule is COC1CN(C(=O)C(C)C)CC1N. The van der Waals surface area contributed by atoms with Crippen LogP contribution in [-0.2, 0) is 9.53 Å². The zero-order valence-corrected chi connectivity index (χ0v) is 8.49. The molecule has 1 aliphatic heterocycles. The Kier molecular flexibility index (Phi) is 3.27. The third kappa shape index (κ3) is 2.19. The molecule has 1 heterocycles. The molecule has 0 aromatic heterocycles. The van der Waals surface area contributed by atoms with Gasteiger partial charge in [0.05, 0.1) is 12.1 Å². The Balaban J connectivity index is 2.53. The number of nitrogens with zero attached hydrogens (tertiary/aromatic N) is 1. The maximum Gasteiger partial charge on any atom is 0.225 e. The summed E-state index contributed by atoms with van der Waals surface area (Å²) < 4.78 is 5.16. The van der Waals surface area contributed by atoms with E-state index in [1.54, 1.807) is 12.0 Å². The third-order valence-electron chi connectivity index (χ3n) is 2.42. The first-order valence-electron chi connectivity index (χ1n) is 4.63. The highest BCUT2D eigenvalue weighted by molar-refractivity contribution is 5.78. The lowest BCUT2D eigenvalue weighted by atomic mass is 10.2. The van der Waals surface area contributed by atoms with Crippen LogP contribution in [0.1, 0.15) is 13.8 Å². The van der Waals surface area contributed by atoms with Crippen LogP contribution in [-0.4, -0.2) is 43.2 Å². The van der Waals surface area contributed by atoms with Crippen molar-refractivity contribution in [1.29, 1.82) is 0 Å². The van der Waals surface area contributed by atoms with Gasteiger partial charge in [0.15, 0.2) is 0 Å². The number of nitrogens with two attached hydrogens (primary N) is 1. The van der Waals surface area contributed by atoms with Gasteiger partial charge in [-0.1, -0.05) is 13.8 Å². The zero-order chi connectivity index (χ0) is 10.0. The standard InChI is InChI=1S/C9H18N2O2/c1-6(2)9(12)11-4-7(10)8(5-11)13-3/h6-8H,4-5,10H2,1-3H3. The monoisotopic (exact) mass is 186 g/mol. The van der Waals surface area contributed by atoms with E-state index in [-0.39, 0.29) is 24.0 Å². The predicted octanol–water partition coefficient (Wildman–Crippen LogP) is -0.173. The molecule has 1 saturated heterocycles. The molecule has 0 aromatic rings. The summed E-state index contributed by atoms with van der Waals surface area (Å²) in [6.07, 6.45) is 0.00250. The van der Waals surface area contributed by atoms with Gasteiger partial charge in [0.1, 0.15) is 0 Å². The van der Waals surface area contributed by atoms with E-state index >= 15 is 0 Å². The quantitative estimate of drug-likeness (QED) is 0.651. The third-order valence-corrected chi connectivity index (χ3v) is 2.42. The number of likely N-dealkylation sites (tertiary alicyclic amines) is 1.